The average molecular weight is 251 g/mol. The Morgan fingerprint density at radius 1 is 1.47 bits per heavy atom. The van der Waals surface area contributed by atoms with Gasteiger partial charge in [-0.05, 0) is 0 Å². The van der Waals surface area contributed by atoms with E-state index in [1.54, 1.807) is 17.0 Å². The summed E-state index contributed by atoms with van der Waals surface area (Å²) in [5.41, 5.74) is 2.68. The van der Waals surface area contributed by atoms with Crippen molar-refractivity contribution >= 4 is 23.1 Å². The second-order valence-corrected chi connectivity index (χ2v) is 5.37. The molecule has 0 aliphatic carbocycles. The fourth-order valence-corrected chi connectivity index (χ4v) is 1.72. The van der Waals surface area contributed by atoms with Gasteiger partial charge in [-0.25, -0.2) is 4.98 Å². The molecule has 2 rings (SSSR count). The van der Waals surface area contributed by atoms with Crippen LogP contribution < -0.4 is 5.32 Å². The maximum Gasteiger partial charge on any atom is 0.277 e. The zero-order chi connectivity index (χ0) is 12.5. The van der Waals surface area contributed by atoms with E-state index in [2.05, 4.69) is 15.5 Å². The van der Waals surface area contributed by atoms with Crippen molar-refractivity contribution < 1.29 is 9.32 Å². The van der Waals surface area contributed by atoms with Crippen LogP contribution in [0.15, 0.2) is 21.5 Å². The fourth-order valence-electron chi connectivity index (χ4n) is 1.19. The van der Waals surface area contributed by atoms with Crippen molar-refractivity contribution in [2.24, 2.45) is 0 Å². The summed E-state index contributed by atoms with van der Waals surface area (Å²) in [4.78, 5) is 15.6. The number of amides is 1. The number of hydrogen-bond acceptors (Lipinski definition) is 5. The second-order valence-electron chi connectivity index (χ2n) is 4.65. The van der Waals surface area contributed by atoms with Gasteiger partial charge in [-0.15, -0.1) is 11.3 Å². The Hall–Kier alpha value is -1.69. The Labute approximate surface area is 103 Å². The van der Waals surface area contributed by atoms with Gasteiger partial charge in [0.25, 0.3) is 5.91 Å². The summed E-state index contributed by atoms with van der Waals surface area (Å²) in [7, 11) is 0. The molecule has 0 aromatic carbocycles. The minimum Gasteiger partial charge on any atom is -0.338 e. The van der Waals surface area contributed by atoms with E-state index in [0.29, 0.717) is 11.6 Å². The molecule has 2 aromatic rings. The third-order valence-corrected chi connectivity index (χ3v) is 2.77. The summed E-state index contributed by atoms with van der Waals surface area (Å²) < 4.78 is 5.05. The van der Waals surface area contributed by atoms with Gasteiger partial charge in [0.15, 0.2) is 0 Å². The largest absolute Gasteiger partial charge is 0.338 e. The summed E-state index contributed by atoms with van der Waals surface area (Å²) in [6, 6.07) is 1.73. The van der Waals surface area contributed by atoms with Gasteiger partial charge >= 0.3 is 0 Å². The average Bonchev–Trinajstić information content (AvgIpc) is 2.85. The van der Waals surface area contributed by atoms with Crippen LogP contribution in [0.4, 0.5) is 5.88 Å². The molecule has 0 aliphatic rings. The van der Waals surface area contributed by atoms with Gasteiger partial charge in [-0.1, -0.05) is 25.9 Å². The summed E-state index contributed by atoms with van der Waals surface area (Å²) in [6.07, 6.45) is 0. The normalized spacial score (nSPS) is 11.5. The van der Waals surface area contributed by atoms with Gasteiger partial charge in [-0.3, -0.25) is 10.1 Å². The van der Waals surface area contributed by atoms with Gasteiger partial charge in [-0.2, -0.15) is 0 Å². The molecule has 1 N–H and O–H groups in total. The van der Waals surface area contributed by atoms with Crippen molar-refractivity contribution in [1.29, 1.82) is 0 Å². The Morgan fingerprint density at radius 3 is 2.76 bits per heavy atom. The van der Waals surface area contributed by atoms with E-state index in [1.165, 1.54) is 11.3 Å². The zero-order valence-electron chi connectivity index (χ0n) is 9.85. The molecule has 2 aromatic heterocycles. The molecule has 0 aliphatic heterocycles. The predicted molar refractivity (Wildman–Crippen MR) is 65.3 cm³/mol. The molecular weight excluding hydrogens is 238 g/mol. The molecule has 2 heterocycles. The highest BCUT2D eigenvalue weighted by Crippen LogP contribution is 2.23. The number of carbonyl (C=O) groups is 1. The summed E-state index contributed by atoms with van der Waals surface area (Å²) >= 11 is 1.37. The molecule has 0 spiro atoms. The predicted octanol–water partition coefficient (Wildman–Crippen LogP) is 2.68. The Balaban J connectivity index is 2.10. The summed E-state index contributed by atoms with van der Waals surface area (Å²) in [5.74, 6) is 0.0517. The van der Waals surface area contributed by atoms with Crippen molar-refractivity contribution in [1.82, 2.24) is 10.1 Å². The number of anilines is 1. The minimum atomic E-state index is -0.289. The Bertz CT molecular complexity index is 511. The van der Waals surface area contributed by atoms with Crippen molar-refractivity contribution in [2.75, 3.05) is 5.32 Å². The van der Waals surface area contributed by atoms with Crippen LogP contribution in [0.2, 0.25) is 0 Å². The summed E-state index contributed by atoms with van der Waals surface area (Å²) in [6.45, 7) is 6.07. The maximum absolute atomic E-state index is 11.7. The van der Waals surface area contributed by atoms with Crippen LogP contribution in [0.25, 0.3) is 0 Å². The van der Waals surface area contributed by atoms with Crippen molar-refractivity contribution in [2.45, 2.75) is 26.2 Å². The Kier molecular flexibility index (Phi) is 2.97. The van der Waals surface area contributed by atoms with E-state index in [-0.39, 0.29) is 11.3 Å². The first kappa shape index (κ1) is 11.8. The standard InChI is InChI=1S/C11H13N3O2S/c1-11(2,3)8-4-9(16-14-8)13-10(15)7-5-17-6-12-7/h4-6H,1-3H3,(H,13,15). The van der Waals surface area contributed by atoms with Crippen LogP contribution in [-0.4, -0.2) is 16.0 Å². The third-order valence-electron chi connectivity index (χ3n) is 2.18. The first-order valence-corrected chi connectivity index (χ1v) is 6.08. The molecule has 0 atom stereocenters. The molecular formula is C11H13N3O2S. The molecule has 0 saturated heterocycles. The van der Waals surface area contributed by atoms with Gasteiger partial charge in [0, 0.05) is 16.9 Å². The van der Waals surface area contributed by atoms with E-state index in [1.807, 2.05) is 20.8 Å². The molecule has 1 amide bonds. The van der Waals surface area contributed by atoms with E-state index in [0.717, 1.165) is 5.69 Å². The quantitative estimate of drug-likeness (QED) is 0.891. The lowest BCUT2D eigenvalue weighted by atomic mass is 9.92. The Morgan fingerprint density at radius 2 is 2.24 bits per heavy atom. The number of carbonyl (C=O) groups excluding carboxylic acids is 1. The molecule has 0 fully saturated rings. The van der Waals surface area contributed by atoms with Crippen LogP contribution in [-0.2, 0) is 5.41 Å². The SMILES string of the molecule is CC(C)(C)c1cc(NC(=O)c2cscn2)on1. The van der Waals surface area contributed by atoms with Crippen LogP contribution >= 0.6 is 11.3 Å². The lowest BCUT2D eigenvalue weighted by Crippen LogP contribution is -2.12. The van der Waals surface area contributed by atoms with Gasteiger partial charge in [0.2, 0.25) is 5.88 Å². The number of rotatable bonds is 2. The molecule has 5 nitrogen and oxygen atoms in total. The maximum atomic E-state index is 11.7. The lowest BCUT2D eigenvalue weighted by molar-refractivity contribution is 0.102. The first-order valence-electron chi connectivity index (χ1n) is 5.13. The molecule has 17 heavy (non-hydrogen) atoms. The fraction of sp³-hybridized carbons (Fsp3) is 0.364. The van der Waals surface area contributed by atoms with Crippen molar-refractivity contribution in [3.05, 3.63) is 28.3 Å². The number of hydrogen-bond donors (Lipinski definition) is 1. The first-order chi connectivity index (χ1) is 7.97. The lowest BCUT2D eigenvalue weighted by Gasteiger charge is -2.12. The van der Waals surface area contributed by atoms with Crippen molar-refractivity contribution in [3.8, 4) is 0 Å². The number of aromatic nitrogens is 2. The number of nitrogens with one attached hydrogen (secondary N) is 1. The van der Waals surface area contributed by atoms with Gasteiger partial charge < -0.3 is 4.52 Å². The van der Waals surface area contributed by atoms with E-state index >= 15 is 0 Å². The zero-order valence-corrected chi connectivity index (χ0v) is 10.7. The molecule has 90 valence electrons. The smallest absolute Gasteiger partial charge is 0.277 e. The molecule has 0 radical (unpaired) electrons. The molecule has 0 bridgehead atoms. The molecule has 0 unspecified atom stereocenters. The van der Waals surface area contributed by atoms with E-state index in [4.69, 9.17) is 4.52 Å². The van der Waals surface area contributed by atoms with Crippen LogP contribution in [0.3, 0.4) is 0 Å². The van der Waals surface area contributed by atoms with Gasteiger partial charge in [0.1, 0.15) is 5.69 Å². The number of nitrogens with zero attached hydrogens (tertiary/aromatic N) is 2. The topological polar surface area (TPSA) is 68.0 Å². The van der Waals surface area contributed by atoms with E-state index in [9.17, 15) is 4.79 Å². The highest BCUT2D eigenvalue weighted by atomic mass is 32.1. The minimum absolute atomic E-state index is 0.104. The molecule has 6 heteroatoms. The van der Waals surface area contributed by atoms with Crippen molar-refractivity contribution in [3.63, 3.8) is 0 Å². The van der Waals surface area contributed by atoms with E-state index < -0.39 is 0 Å². The van der Waals surface area contributed by atoms with Crippen LogP contribution in [0.1, 0.15) is 37.0 Å². The molecule has 0 saturated carbocycles. The highest BCUT2D eigenvalue weighted by molar-refractivity contribution is 7.07. The van der Waals surface area contributed by atoms with Crippen LogP contribution in [0, 0.1) is 0 Å². The summed E-state index contributed by atoms with van der Waals surface area (Å²) in [5, 5.41) is 8.20. The third kappa shape index (κ3) is 2.71. The highest BCUT2D eigenvalue weighted by Gasteiger charge is 2.20. The van der Waals surface area contributed by atoms with Crippen LogP contribution in [0.5, 0.6) is 0 Å². The second kappa shape index (κ2) is 4.29. The number of thiazole rings is 1. The monoisotopic (exact) mass is 251 g/mol. The van der Waals surface area contributed by atoms with Gasteiger partial charge in [0.05, 0.1) is 11.2 Å².